The highest BCUT2D eigenvalue weighted by atomic mass is 19.3. The second-order valence-electron chi connectivity index (χ2n) is 3.50. The second-order valence-corrected chi connectivity index (χ2v) is 3.50. The van der Waals surface area contributed by atoms with Gasteiger partial charge in [-0.3, -0.25) is 0 Å². The van der Waals surface area contributed by atoms with E-state index in [2.05, 4.69) is 6.92 Å². The monoisotopic (exact) mass is 198 g/mol. The lowest BCUT2D eigenvalue weighted by Gasteiger charge is -2.03. The van der Waals surface area contributed by atoms with E-state index in [1.54, 1.807) is 12.1 Å². The van der Waals surface area contributed by atoms with Gasteiger partial charge in [0.25, 0.3) is 6.43 Å². The van der Waals surface area contributed by atoms with Gasteiger partial charge in [0.15, 0.2) is 0 Å². The summed E-state index contributed by atoms with van der Waals surface area (Å²) >= 11 is 0. The van der Waals surface area contributed by atoms with E-state index < -0.39 is 6.43 Å². The van der Waals surface area contributed by atoms with Crippen LogP contribution in [0.4, 0.5) is 8.78 Å². The van der Waals surface area contributed by atoms with Gasteiger partial charge in [0.2, 0.25) is 0 Å². The maximum atomic E-state index is 12.3. The molecule has 0 aliphatic rings. The Hall–Kier alpha value is -0.920. The molecule has 78 valence electrons. The van der Waals surface area contributed by atoms with Crippen molar-refractivity contribution >= 4 is 0 Å². The first-order valence-corrected chi connectivity index (χ1v) is 5.11. The average molecular weight is 198 g/mol. The fraction of sp³-hybridized carbons (Fsp3) is 0.500. The van der Waals surface area contributed by atoms with Gasteiger partial charge in [0.1, 0.15) is 0 Å². The number of aryl methyl sites for hydroxylation is 1. The summed E-state index contributed by atoms with van der Waals surface area (Å²) in [5.41, 5.74) is 1.16. The Morgan fingerprint density at radius 2 is 2.00 bits per heavy atom. The summed E-state index contributed by atoms with van der Waals surface area (Å²) in [4.78, 5) is 0. The Morgan fingerprint density at radius 1 is 1.21 bits per heavy atom. The molecule has 1 rings (SSSR count). The highest BCUT2D eigenvalue weighted by molar-refractivity contribution is 5.24. The van der Waals surface area contributed by atoms with Crippen LogP contribution in [0.3, 0.4) is 0 Å². The van der Waals surface area contributed by atoms with E-state index in [9.17, 15) is 8.78 Å². The molecule has 0 aliphatic heterocycles. The van der Waals surface area contributed by atoms with Crippen LogP contribution in [0.25, 0.3) is 0 Å². The summed E-state index contributed by atoms with van der Waals surface area (Å²) in [5, 5.41) is 0. The Bertz CT molecular complexity index is 269. The van der Waals surface area contributed by atoms with Crippen molar-refractivity contribution in [2.75, 3.05) is 0 Å². The first-order chi connectivity index (χ1) is 6.74. The van der Waals surface area contributed by atoms with Crippen LogP contribution in [-0.4, -0.2) is 0 Å². The van der Waals surface area contributed by atoms with Crippen LogP contribution in [0.1, 0.15) is 43.7 Å². The lowest BCUT2D eigenvalue weighted by Crippen LogP contribution is -1.89. The topological polar surface area (TPSA) is 0 Å². The third-order valence-corrected chi connectivity index (χ3v) is 2.27. The Kier molecular flexibility index (Phi) is 4.57. The first kappa shape index (κ1) is 11.2. The Labute approximate surface area is 84.0 Å². The highest BCUT2D eigenvalue weighted by Gasteiger charge is 2.06. The molecule has 0 unspecified atom stereocenters. The van der Waals surface area contributed by atoms with Crippen LogP contribution in [0.2, 0.25) is 0 Å². The summed E-state index contributed by atoms with van der Waals surface area (Å²) in [5.74, 6) is 0. The molecule has 2 heteroatoms. The number of halogens is 2. The highest BCUT2D eigenvalue weighted by Crippen LogP contribution is 2.20. The van der Waals surface area contributed by atoms with Crippen molar-refractivity contribution < 1.29 is 8.78 Å². The van der Waals surface area contributed by atoms with Crippen LogP contribution in [-0.2, 0) is 6.42 Å². The third-order valence-electron chi connectivity index (χ3n) is 2.27. The molecule has 0 saturated carbocycles. The van der Waals surface area contributed by atoms with Crippen molar-refractivity contribution in [3.63, 3.8) is 0 Å². The number of benzene rings is 1. The van der Waals surface area contributed by atoms with E-state index in [-0.39, 0.29) is 5.56 Å². The number of hydrogen-bond acceptors (Lipinski definition) is 0. The fourth-order valence-electron chi connectivity index (χ4n) is 1.46. The molecule has 14 heavy (non-hydrogen) atoms. The lowest BCUT2D eigenvalue weighted by molar-refractivity contribution is 0.151. The molecule has 0 N–H and O–H groups in total. The molecule has 0 amide bonds. The molecule has 0 radical (unpaired) electrons. The van der Waals surface area contributed by atoms with Gasteiger partial charge in [-0.25, -0.2) is 8.78 Å². The molecular formula is C12H16F2. The van der Waals surface area contributed by atoms with Crippen molar-refractivity contribution in [2.45, 2.75) is 39.0 Å². The van der Waals surface area contributed by atoms with Crippen molar-refractivity contribution in [1.82, 2.24) is 0 Å². The maximum absolute atomic E-state index is 12.3. The van der Waals surface area contributed by atoms with Crippen LogP contribution in [0.5, 0.6) is 0 Å². The molecule has 0 spiro atoms. The number of rotatable bonds is 5. The largest absolute Gasteiger partial charge is 0.263 e. The van der Waals surface area contributed by atoms with Gasteiger partial charge >= 0.3 is 0 Å². The SMILES string of the molecule is CCCCCc1cccc(C(F)F)c1. The minimum atomic E-state index is -2.35. The van der Waals surface area contributed by atoms with E-state index in [0.29, 0.717) is 0 Å². The molecule has 0 aliphatic carbocycles. The summed E-state index contributed by atoms with van der Waals surface area (Å²) in [6.07, 6.45) is 1.98. The predicted molar refractivity (Wildman–Crippen MR) is 54.6 cm³/mol. The van der Waals surface area contributed by atoms with Gasteiger partial charge in [-0.1, -0.05) is 44.0 Å². The van der Waals surface area contributed by atoms with E-state index in [1.807, 2.05) is 6.07 Å². The fourth-order valence-corrected chi connectivity index (χ4v) is 1.46. The molecule has 1 aromatic carbocycles. The molecular weight excluding hydrogens is 182 g/mol. The third kappa shape index (κ3) is 3.44. The zero-order valence-corrected chi connectivity index (χ0v) is 8.47. The summed E-state index contributed by atoms with van der Waals surface area (Å²) in [7, 11) is 0. The van der Waals surface area contributed by atoms with E-state index in [0.717, 1.165) is 24.8 Å². The van der Waals surface area contributed by atoms with E-state index >= 15 is 0 Å². The van der Waals surface area contributed by atoms with Crippen molar-refractivity contribution in [3.05, 3.63) is 35.4 Å². The average Bonchev–Trinajstić information content (AvgIpc) is 2.19. The van der Waals surface area contributed by atoms with Gasteiger partial charge < -0.3 is 0 Å². The van der Waals surface area contributed by atoms with Gasteiger partial charge in [-0.2, -0.15) is 0 Å². The summed E-state index contributed by atoms with van der Waals surface area (Å²) in [6, 6.07) is 6.72. The van der Waals surface area contributed by atoms with Gasteiger partial charge in [0.05, 0.1) is 0 Å². The smallest absolute Gasteiger partial charge is 0.205 e. The van der Waals surface area contributed by atoms with Crippen LogP contribution < -0.4 is 0 Å². The number of alkyl halides is 2. The zero-order valence-electron chi connectivity index (χ0n) is 8.47. The molecule has 0 nitrogen and oxygen atoms in total. The van der Waals surface area contributed by atoms with Gasteiger partial charge in [-0.15, -0.1) is 0 Å². The maximum Gasteiger partial charge on any atom is 0.263 e. The van der Waals surface area contributed by atoms with Crippen molar-refractivity contribution in [2.24, 2.45) is 0 Å². The minimum Gasteiger partial charge on any atom is -0.205 e. The van der Waals surface area contributed by atoms with Gasteiger partial charge in [0, 0.05) is 5.56 Å². The van der Waals surface area contributed by atoms with Crippen molar-refractivity contribution in [3.8, 4) is 0 Å². The molecule has 0 fully saturated rings. The molecule has 0 bridgehead atoms. The zero-order chi connectivity index (χ0) is 10.4. The standard InChI is InChI=1S/C12H16F2/c1-2-3-4-6-10-7-5-8-11(9-10)12(13)14/h5,7-9,12H,2-4,6H2,1H3. The van der Waals surface area contributed by atoms with Crippen LogP contribution in [0, 0.1) is 0 Å². The molecule has 0 aromatic heterocycles. The molecule has 0 atom stereocenters. The Morgan fingerprint density at radius 3 is 2.64 bits per heavy atom. The number of hydrogen-bond donors (Lipinski definition) is 0. The van der Waals surface area contributed by atoms with Crippen LogP contribution >= 0.6 is 0 Å². The summed E-state index contributed by atoms with van der Waals surface area (Å²) < 4.78 is 24.7. The Balaban J connectivity index is 2.55. The molecule has 1 aromatic rings. The summed E-state index contributed by atoms with van der Waals surface area (Å²) in [6.45, 7) is 2.13. The first-order valence-electron chi connectivity index (χ1n) is 5.11. The van der Waals surface area contributed by atoms with E-state index in [4.69, 9.17) is 0 Å². The lowest BCUT2D eigenvalue weighted by atomic mass is 10.0. The predicted octanol–water partition coefficient (Wildman–Crippen LogP) is 4.36. The molecule has 0 saturated heterocycles. The van der Waals surface area contributed by atoms with Crippen LogP contribution in [0.15, 0.2) is 24.3 Å². The molecule has 0 heterocycles. The van der Waals surface area contributed by atoms with E-state index in [1.165, 1.54) is 12.5 Å². The normalized spacial score (nSPS) is 10.9. The minimum absolute atomic E-state index is 0.138. The number of unbranched alkanes of at least 4 members (excludes halogenated alkanes) is 2. The quantitative estimate of drug-likeness (QED) is 0.617. The van der Waals surface area contributed by atoms with Gasteiger partial charge in [-0.05, 0) is 18.4 Å². The van der Waals surface area contributed by atoms with Crippen molar-refractivity contribution in [1.29, 1.82) is 0 Å². The second kappa shape index (κ2) is 5.74.